The van der Waals surface area contributed by atoms with Crippen molar-refractivity contribution in [3.8, 4) is 0 Å². The molecule has 1 aliphatic carbocycles. The Hall–Kier alpha value is -1.36. The maximum absolute atomic E-state index is 5.36. The predicted molar refractivity (Wildman–Crippen MR) is 66.6 cm³/mol. The summed E-state index contributed by atoms with van der Waals surface area (Å²) in [7, 11) is 1.93. The van der Waals surface area contributed by atoms with E-state index in [1.54, 1.807) is 0 Å². The normalized spacial score (nSPS) is 19.2. The van der Waals surface area contributed by atoms with Crippen molar-refractivity contribution in [2.75, 3.05) is 43.6 Å². The third-order valence-electron chi connectivity index (χ3n) is 3.45. The van der Waals surface area contributed by atoms with Gasteiger partial charge in [-0.3, -0.25) is 0 Å². The van der Waals surface area contributed by atoms with Crippen LogP contribution in [0.1, 0.15) is 17.7 Å². The number of hydrogen-bond donors (Lipinski definition) is 1. The van der Waals surface area contributed by atoms with Gasteiger partial charge in [0.25, 0.3) is 0 Å². The van der Waals surface area contributed by atoms with Gasteiger partial charge in [-0.05, 0) is 19.3 Å². The highest BCUT2D eigenvalue weighted by atomic mass is 16.5. The van der Waals surface area contributed by atoms with E-state index in [1.807, 2.05) is 7.05 Å². The molecule has 0 atom stereocenters. The molecule has 3 rings (SSSR count). The van der Waals surface area contributed by atoms with Crippen molar-refractivity contribution < 1.29 is 4.74 Å². The largest absolute Gasteiger partial charge is 0.378 e. The fourth-order valence-corrected chi connectivity index (χ4v) is 2.53. The number of ether oxygens (including phenoxy) is 1. The van der Waals surface area contributed by atoms with Crippen molar-refractivity contribution in [3.05, 3.63) is 11.3 Å². The highest BCUT2D eigenvalue weighted by molar-refractivity contribution is 5.52. The van der Waals surface area contributed by atoms with Gasteiger partial charge in [-0.15, -0.1) is 0 Å². The number of nitrogens with one attached hydrogen (secondary N) is 1. The number of morpholine rings is 1. The van der Waals surface area contributed by atoms with Gasteiger partial charge in [0.1, 0.15) is 5.82 Å². The van der Waals surface area contributed by atoms with E-state index >= 15 is 0 Å². The van der Waals surface area contributed by atoms with E-state index in [9.17, 15) is 0 Å². The summed E-state index contributed by atoms with van der Waals surface area (Å²) < 4.78 is 5.36. The Morgan fingerprint density at radius 3 is 2.76 bits per heavy atom. The number of aryl methyl sites for hydroxylation is 1. The fourth-order valence-electron chi connectivity index (χ4n) is 2.53. The lowest BCUT2D eigenvalue weighted by Crippen LogP contribution is -2.37. The summed E-state index contributed by atoms with van der Waals surface area (Å²) in [5.41, 5.74) is 2.54. The van der Waals surface area contributed by atoms with Crippen LogP contribution in [0.5, 0.6) is 0 Å². The molecule has 2 aliphatic rings. The molecule has 2 heterocycles. The van der Waals surface area contributed by atoms with E-state index in [2.05, 4.69) is 15.2 Å². The highest BCUT2D eigenvalue weighted by Gasteiger charge is 2.21. The zero-order chi connectivity index (χ0) is 11.7. The zero-order valence-corrected chi connectivity index (χ0v) is 10.2. The summed E-state index contributed by atoms with van der Waals surface area (Å²) in [4.78, 5) is 11.6. The molecule has 0 radical (unpaired) electrons. The lowest BCUT2D eigenvalue weighted by molar-refractivity contribution is 0.122. The average Bonchev–Trinajstić information content (AvgIpc) is 2.86. The Kier molecular flexibility index (Phi) is 2.84. The van der Waals surface area contributed by atoms with Gasteiger partial charge in [-0.1, -0.05) is 0 Å². The maximum atomic E-state index is 5.36. The second-order valence-corrected chi connectivity index (χ2v) is 4.50. The first kappa shape index (κ1) is 10.8. The van der Waals surface area contributed by atoms with Crippen LogP contribution in [0.4, 0.5) is 11.8 Å². The third kappa shape index (κ3) is 1.95. The molecule has 1 aromatic heterocycles. The standard InChI is InChI=1S/C12H18N4O/c1-13-11-9-3-2-4-10(9)14-12(15-11)16-5-7-17-8-6-16/h2-8H2,1H3,(H,13,14,15). The summed E-state index contributed by atoms with van der Waals surface area (Å²) in [6, 6.07) is 0. The van der Waals surface area contributed by atoms with Crippen LogP contribution in [0.3, 0.4) is 0 Å². The van der Waals surface area contributed by atoms with Gasteiger partial charge in [0.15, 0.2) is 0 Å². The summed E-state index contributed by atoms with van der Waals surface area (Å²) in [6.45, 7) is 3.33. The molecule has 0 bridgehead atoms. The van der Waals surface area contributed by atoms with Crippen LogP contribution in [0.15, 0.2) is 0 Å². The van der Waals surface area contributed by atoms with Crippen molar-refractivity contribution in [2.24, 2.45) is 0 Å². The first-order valence-corrected chi connectivity index (χ1v) is 6.28. The Balaban J connectivity index is 1.94. The molecular formula is C12H18N4O. The first-order valence-electron chi connectivity index (χ1n) is 6.28. The minimum Gasteiger partial charge on any atom is -0.378 e. The molecule has 0 amide bonds. The van der Waals surface area contributed by atoms with Gasteiger partial charge in [-0.25, -0.2) is 4.98 Å². The molecule has 5 nitrogen and oxygen atoms in total. The lowest BCUT2D eigenvalue weighted by Gasteiger charge is -2.27. The molecule has 1 aliphatic heterocycles. The van der Waals surface area contributed by atoms with E-state index in [4.69, 9.17) is 9.72 Å². The van der Waals surface area contributed by atoms with E-state index in [0.717, 1.165) is 50.9 Å². The topological polar surface area (TPSA) is 50.3 Å². The van der Waals surface area contributed by atoms with Crippen LogP contribution < -0.4 is 10.2 Å². The molecule has 5 heteroatoms. The van der Waals surface area contributed by atoms with Gasteiger partial charge in [0, 0.05) is 25.7 Å². The minimum atomic E-state index is 0.773. The van der Waals surface area contributed by atoms with Crippen LogP contribution in [-0.4, -0.2) is 43.3 Å². The Bertz CT molecular complexity index is 415. The molecule has 1 N–H and O–H groups in total. The fraction of sp³-hybridized carbons (Fsp3) is 0.667. The van der Waals surface area contributed by atoms with Gasteiger partial charge in [-0.2, -0.15) is 4.98 Å². The molecule has 0 unspecified atom stereocenters. The smallest absolute Gasteiger partial charge is 0.227 e. The van der Waals surface area contributed by atoms with Crippen LogP contribution in [0.25, 0.3) is 0 Å². The molecule has 0 saturated carbocycles. The van der Waals surface area contributed by atoms with Crippen molar-refractivity contribution >= 4 is 11.8 Å². The Morgan fingerprint density at radius 1 is 1.18 bits per heavy atom. The SMILES string of the molecule is CNc1nc(N2CCOCC2)nc2c1CCC2. The number of nitrogens with zero attached hydrogens (tertiary/aromatic N) is 3. The molecule has 92 valence electrons. The number of aromatic nitrogens is 2. The predicted octanol–water partition coefficient (Wildman–Crippen LogP) is 0.844. The summed E-state index contributed by atoms with van der Waals surface area (Å²) in [5.74, 6) is 1.87. The molecule has 0 spiro atoms. The molecule has 17 heavy (non-hydrogen) atoms. The minimum absolute atomic E-state index is 0.773. The highest BCUT2D eigenvalue weighted by Crippen LogP contribution is 2.28. The van der Waals surface area contributed by atoms with E-state index in [-0.39, 0.29) is 0 Å². The van der Waals surface area contributed by atoms with E-state index < -0.39 is 0 Å². The molecule has 1 aromatic rings. The number of fused-ring (bicyclic) bond motifs is 1. The first-order chi connectivity index (χ1) is 8.38. The zero-order valence-electron chi connectivity index (χ0n) is 10.2. The van der Waals surface area contributed by atoms with Crippen LogP contribution >= 0.6 is 0 Å². The summed E-state index contributed by atoms with van der Waals surface area (Å²) >= 11 is 0. The molecule has 1 saturated heterocycles. The maximum Gasteiger partial charge on any atom is 0.227 e. The van der Waals surface area contributed by atoms with Gasteiger partial charge < -0.3 is 15.0 Å². The number of hydrogen-bond acceptors (Lipinski definition) is 5. The molecule has 0 aromatic carbocycles. The monoisotopic (exact) mass is 234 g/mol. The van der Waals surface area contributed by atoms with Crippen molar-refractivity contribution in [2.45, 2.75) is 19.3 Å². The molecular weight excluding hydrogens is 216 g/mol. The average molecular weight is 234 g/mol. The lowest BCUT2D eigenvalue weighted by atomic mass is 10.2. The third-order valence-corrected chi connectivity index (χ3v) is 3.45. The summed E-state index contributed by atoms with van der Waals surface area (Å²) in [6.07, 6.45) is 3.39. The Labute approximate surface area is 101 Å². The van der Waals surface area contributed by atoms with Gasteiger partial charge in [0.05, 0.1) is 18.9 Å². The molecule has 1 fully saturated rings. The van der Waals surface area contributed by atoms with Crippen molar-refractivity contribution in [1.29, 1.82) is 0 Å². The second-order valence-electron chi connectivity index (χ2n) is 4.50. The quantitative estimate of drug-likeness (QED) is 0.822. The van der Waals surface area contributed by atoms with Crippen molar-refractivity contribution in [3.63, 3.8) is 0 Å². The van der Waals surface area contributed by atoms with Crippen LogP contribution in [-0.2, 0) is 17.6 Å². The second kappa shape index (κ2) is 4.49. The van der Waals surface area contributed by atoms with Crippen LogP contribution in [0.2, 0.25) is 0 Å². The Morgan fingerprint density at radius 2 is 2.00 bits per heavy atom. The number of rotatable bonds is 2. The summed E-state index contributed by atoms with van der Waals surface area (Å²) in [5, 5.41) is 3.20. The van der Waals surface area contributed by atoms with E-state index in [0.29, 0.717) is 0 Å². The number of anilines is 2. The van der Waals surface area contributed by atoms with Crippen molar-refractivity contribution in [1.82, 2.24) is 9.97 Å². The van der Waals surface area contributed by atoms with E-state index in [1.165, 1.54) is 17.7 Å². The van der Waals surface area contributed by atoms with Gasteiger partial charge >= 0.3 is 0 Å². The van der Waals surface area contributed by atoms with Gasteiger partial charge in [0.2, 0.25) is 5.95 Å². The van der Waals surface area contributed by atoms with Crippen LogP contribution in [0, 0.1) is 0 Å².